The maximum atomic E-state index is 12.8. The Morgan fingerprint density at radius 3 is 2.78 bits per heavy atom. The fourth-order valence-electron chi connectivity index (χ4n) is 3.84. The molecule has 1 unspecified atom stereocenters. The largest absolute Gasteiger partial charge is 0.497 e. The fraction of sp³-hybridized carbons (Fsp3) is 0.318. The number of hydrogen-bond donors (Lipinski definition) is 2. The number of pyridine rings is 1. The van der Waals surface area contributed by atoms with Gasteiger partial charge in [-0.15, -0.1) is 0 Å². The van der Waals surface area contributed by atoms with Gasteiger partial charge in [-0.1, -0.05) is 6.07 Å². The van der Waals surface area contributed by atoms with Crippen molar-refractivity contribution >= 4 is 16.5 Å². The van der Waals surface area contributed by atoms with Gasteiger partial charge in [-0.2, -0.15) is 0 Å². The van der Waals surface area contributed by atoms with Gasteiger partial charge in [0.2, 0.25) is 0 Å². The molecule has 1 aromatic heterocycles. The lowest BCUT2D eigenvalue weighted by atomic mass is 10.0. The van der Waals surface area contributed by atoms with Gasteiger partial charge in [0.05, 0.1) is 13.2 Å². The number of aromatic amines is 1. The number of H-pyrrole nitrogens is 1. The van der Waals surface area contributed by atoms with Gasteiger partial charge in [-0.3, -0.25) is 4.79 Å². The minimum Gasteiger partial charge on any atom is -0.497 e. The minimum atomic E-state index is -0.298. The third kappa shape index (κ3) is 3.43. The van der Waals surface area contributed by atoms with Crippen LogP contribution in [-0.2, 0) is 0 Å². The van der Waals surface area contributed by atoms with E-state index < -0.39 is 0 Å². The van der Waals surface area contributed by atoms with Gasteiger partial charge in [0.15, 0.2) is 0 Å². The first-order valence-electron chi connectivity index (χ1n) is 9.30. The van der Waals surface area contributed by atoms with E-state index in [0.717, 1.165) is 53.0 Å². The summed E-state index contributed by atoms with van der Waals surface area (Å²) in [4.78, 5) is 17.9. The second-order valence-corrected chi connectivity index (χ2v) is 7.21. The molecule has 0 amide bonds. The van der Waals surface area contributed by atoms with Crippen molar-refractivity contribution in [3.63, 3.8) is 0 Å². The van der Waals surface area contributed by atoms with E-state index >= 15 is 0 Å². The van der Waals surface area contributed by atoms with E-state index in [-0.39, 0.29) is 11.7 Å². The third-order valence-corrected chi connectivity index (χ3v) is 5.31. The highest BCUT2D eigenvalue weighted by Crippen LogP contribution is 2.28. The average Bonchev–Trinajstić information content (AvgIpc) is 2.67. The Balaban J connectivity index is 1.74. The van der Waals surface area contributed by atoms with E-state index in [2.05, 4.69) is 9.88 Å². The molecular weight excluding hydrogens is 340 g/mol. The molecule has 0 radical (unpaired) electrons. The number of ether oxygens (including phenoxy) is 1. The molecule has 0 saturated carbocycles. The fourth-order valence-corrected chi connectivity index (χ4v) is 3.84. The van der Waals surface area contributed by atoms with Crippen LogP contribution in [-0.4, -0.2) is 36.4 Å². The Morgan fingerprint density at radius 1 is 1.19 bits per heavy atom. The first kappa shape index (κ1) is 17.6. The van der Waals surface area contributed by atoms with Crippen molar-refractivity contribution in [1.29, 1.82) is 0 Å². The molecule has 27 heavy (non-hydrogen) atoms. The predicted octanol–water partition coefficient (Wildman–Crippen LogP) is 3.47. The molecule has 0 bridgehead atoms. The van der Waals surface area contributed by atoms with Gasteiger partial charge in [0.1, 0.15) is 5.75 Å². The van der Waals surface area contributed by atoms with Crippen molar-refractivity contribution in [3.8, 4) is 17.0 Å². The van der Waals surface area contributed by atoms with Crippen molar-refractivity contribution in [3.05, 3.63) is 58.4 Å². The summed E-state index contributed by atoms with van der Waals surface area (Å²) in [5, 5.41) is 11.5. The highest BCUT2D eigenvalue weighted by atomic mass is 16.5. The van der Waals surface area contributed by atoms with Crippen molar-refractivity contribution in [1.82, 2.24) is 4.98 Å². The number of β-amino-alcohol motifs (C(OH)–C–C–N with tert-alkyl or cyclic N) is 1. The number of rotatable bonds is 3. The number of aliphatic hydroxyl groups is 1. The molecule has 2 heterocycles. The van der Waals surface area contributed by atoms with Crippen LogP contribution in [0.25, 0.3) is 22.0 Å². The SMILES string of the molecule is COc1ccc(-c2cc3ccc(N4CCCC(O)C4)cc3c(=O)[nH]2)c(C)c1. The number of nitrogens with one attached hydrogen (secondary N) is 1. The Morgan fingerprint density at radius 2 is 2.04 bits per heavy atom. The van der Waals surface area contributed by atoms with E-state index in [1.54, 1.807) is 7.11 Å². The van der Waals surface area contributed by atoms with Crippen LogP contribution >= 0.6 is 0 Å². The van der Waals surface area contributed by atoms with Gasteiger partial charge in [-0.25, -0.2) is 0 Å². The predicted molar refractivity (Wildman–Crippen MR) is 109 cm³/mol. The normalized spacial score (nSPS) is 17.3. The molecular formula is C22H24N2O3. The second-order valence-electron chi connectivity index (χ2n) is 7.21. The molecule has 0 spiro atoms. The van der Waals surface area contributed by atoms with E-state index in [1.165, 1.54) is 0 Å². The first-order valence-corrected chi connectivity index (χ1v) is 9.30. The molecule has 5 nitrogen and oxygen atoms in total. The van der Waals surface area contributed by atoms with Crippen LogP contribution in [0.3, 0.4) is 0 Å². The highest BCUT2D eigenvalue weighted by Gasteiger charge is 2.18. The maximum absolute atomic E-state index is 12.8. The number of piperidine rings is 1. The number of fused-ring (bicyclic) bond motifs is 1. The van der Waals surface area contributed by atoms with Crippen LogP contribution in [0, 0.1) is 6.92 Å². The van der Waals surface area contributed by atoms with Gasteiger partial charge in [0, 0.05) is 35.4 Å². The Labute approximate surface area is 158 Å². The van der Waals surface area contributed by atoms with Crippen LogP contribution in [0.5, 0.6) is 5.75 Å². The number of benzene rings is 2. The summed E-state index contributed by atoms with van der Waals surface area (Å²) >= 11 is 0. The van der Waals surface area contributed by atoms with Crippen LogP contribution in [0.15, 0.2) is 47.3 Å². The third-order valence-electron chi connectivity index (χ3n) is 5.31. The van der Waals surface area contributed by atoms with E-state index in [1.807, 2.05) is 49.4 Å². The lowest BCUT2D eigenvalue weighted by molar-refractivity contribution is 0.154. The molecule has 1 atom stereocenters. The number of aromatic nitrogens is 1. The van der Waals surface area contributed by atoms with E-state index in [4.69, 9.17) is 4.74 Å². The number of anilines is 1. The summed E-state index contributed by atoms with van der Waals surface area (Å²) in [6.07, 6.45) is 1.51. The Hall–Kier alpha value is -2.79. The molecule has 4 rings (SSSR count). The summed E-state index contributed by atoms with van der Waals surface area (Å²) in [5.74, 6) is 0.799. The smallest absolute Gasteiger partial charge is 0.256 e. The van der Waals surface area contributed by atoms with Crippen LogP contribution in [0.2, 0.25) is 0 Å². The Bertz CT molecular complexity index is 1040. The van der Waals surface area contributed by atoms with E-state index in [9.17, 15) is 9.90 Å². The Kier molecular flexibility index (Phi) is 4.62. The lowest BCUT2D eigenvalue weighted by Crippen LogP contribution is -2.38. The molecule has 3 aromatic rings. The minimum absolute atomic E-state index is 0.0999. The molecule has 5 heteroatoms. The molecule has 1 saturated heterocycles. The maximum Gasteiger partial charge on any atom is 0.256 e. The van der Waals surface area contributed by atoms with Gasteiger partial charge >= 0.3 is 0 Å². The summed E-state index contributed by atoms with van der Waals surface area (Å²) in [5.41, 5.74) is 3.72. The van der Waals surface area contributed by atoms with Crippen LogP contribution in [0.4, 0.5) is 5.69 Å². The topological polar surface area (TPSA) is 65.6 Å². The number of aryl methyl sites for hydroxylation is 1. The second kappa shape index (κ2) is 7.08. The van der Waals surface area contributed by atoms with Crippen molar-refractivity contribution in [2.45, 2.75) is 25.9 Å². The summed E-state index contributed by atoms with van der Waals surface area (Å²) in [7, 11) is 1.64. The number of hydrogen-bond acceptors (Lipinski definition) is 4. The zero-order valence-corrected chi connectivity index (χ0v) is 15.7. The molecule has 0 aliphatic carbocycles. The monoisotopic (exact) mass is 364 g/mol. The molecule has 140 valence electrons. The molecule has 1 aliphatic heterocycles. The van der Waals surface area contributed by atoms with Crippen molar-refractivity contribution in [2.75, 3.05) is 25.1 Å². The van der Waals surface area contributed by atoms with Gasteiger partial charge in [-0.05, 0) is 67.1 Å². The van der Waals surface area contributed by atoms with E-state index in [0.29, 0.717) is 11.9 Å². The number of methoxy groups -OCH3 is 1. The molecule has 2 N–H and O–H groups in total. The standard InChI is InChI=1S/C22H24N2O3/c1-14-10-18(27-2)7-8-19(14)21-11-15-5-6-16(12-20(15)22(26)23-21)24-9-3-4-17(25)13-24/h5-8,10-12,17,25H,3-4,9,13H2,1-2H3,(H,23,26). The van der Waals surface area contributed by atoms with Crippen molar-refractivity contribution in [2.24, 2.45) is 0 Å². The van der Waals surface area contributed by atoms with Gasteiger partial charge < -0.3 is 19.7 Å². The van der Waals surface area contributed by atoms with Crippen LogP contribution in [0.1, 0.15) is 18.4 Å². The first-order chi connectivity index (χ1) is 13.0. The number of nitrogens with zero attached hydrogens (tertiary/aromatic N) is 1. The highest BCUT2D eigenvalue weighted by molar-refractivity contribution is 5.88. The molecule has 1 aliphatic rings. The molecule has 2 aromatic carbocycles. The number of aliphatic hydroxyl groups excluding tert-OH is 1. The van der Waals surface area contributed by atoms with Crippen LogP contribution < -0.4 is 15.2 Å². The average molecular weight is 364 g/mol. The van der Waals surface area contributed by atoms with Gasteiger partial charge in [0.25, 0.3) is 5.56 Å². The lowest BCUT2D eigenvalue weighted by Gasteiger charge is -2.32. The summed E-state index contributed by atoms with van der Waals surface area (Å²) in [6, 6.07) is 13.8. The summed E-state index contributed by atoms with van der Waals surface area (Å²) < 4.78 is 5.26. The molecule has 1 fully saturated rings. The quantitative estimate of drug-likeness (QED) is 0.747. The van der Waals surface area contributed by atoms with Crippen molar-refractivity contribution < 1.29 is 9.84 Å². The zero-order valence-electron chi connectivity index (χ0n) is 15.7. The zero-order chi connectivity index (χ0) is 19.0. The summed E-state index contributed by atoms with van der Waals surface area (Å²) in [6.45, 7) is 3.53.